The Balaban J connectivity index is 3.46. The highest BCUT2D eigenvalue weighted by Crippen LogP contribution is 2.12. The van der Waals surface area contributed by atoms with Crippen molar-refractivity contribution >= 4 is 5.97 Å². The van der Waals surface area contributed by atoms with Gasteiger partial charge in [0.15, 0.2) is 0 Å². The average molecular weight is 370 g/mol. The molecule has 4 nitrogen and oxygen atoms in total. The molecule has 3 N–H and O–H groups in total. The highest BCUT2D eigenvalue weighted by atomic mass is 16.5. The zero-order valence-electron chi connectivity index (χ0n) is 17.3. The van der Waals surface area contributed by atoms with Gasteiger partial charge in [-0.25, -0.2) is 0 Å². The van der Waals surface area contributed by atoms with E-state index in [-0.39, 0.29) is 12.6 Å². The number of hydrogen-bond donors (Lipinski definition) is 2. The molecule has 2 unspecified atom stereocenters. The minimum absolute atomic E-state index is 0.0722. The van der Waals surface area contributed by atoms with E-state index in [1.807, 2.05) is 13.0 Å². The van der Waals surface area contributed by atoms with Crippen LogP contribution in [0, 0.1) is 0 Å². The van der Waals surface area contributed by atoms with E-state index in [1.54, 1.807) is 6.08 Å². The lowest BCUT2D eigenvalue weighted by atomic mass is 10.0. The summed E-state index contributed by atoms with van der Waals surface area (Å²) in [6.07, 6.45) is 19.8. The molecule has 0 saturated carbocycles. The molecule has 0 aliphatic heterocycles. The van der Waals surface area contributed by atoms with Crippen LogP contribution < -0.4 is 5.73 Å². The van der Waals surface area contributed by atoms with Gasteiger partial charge in [-0.2, -0.15) is 0 Å². The maximum Gasteiger partial charge on any atom is 0.305 e. The monoisotopic (exact) mass is 369 g/mol. The summed E-state index contributed by atoms with van der Waals surface area (Å²) in [5.74, 6) is -0.250. The normalized spacial score (nSPS) is 13.8. The van der Waals surface area contributed by atoms with Crippen LogP contribution in [-0.2, 0) is 9.53 Å². The highest BCUT2D eigenvalue weighted by Gasteiger charge is 2.13. The van der Waals surface area contributed by atoms with Crippen molar-refractivity contribution in [1.29, 1.82) is 0 Å². The summed E-state index contributed by atoms with van der Waals surface area (Å²) in [5, 5.41) is 9.93. The van der Waals surface area contributed by atoms with Crippen molar-refractivity contribution in [1.82, 2.24) is 0 Å². The molecule has 0 aromatic carbocycles. The quantitative estimate of drug-likeness (QED) is 0.196. The van der Waals surface area contributed by atoms with Crippen molar-refractivity contribution in [3.05, 3.63) is 12.2 Å². The van der Waals surface area contributed by atoms with Crippen LogP contribution in [0.4, 0.5) is 0 Å². The van der Waals surface area contributed by atoms with Gasteiger partial charge in [0, 0.05) is 6.42 Å². The molecule has 4 heteroatoms. The van der Waals surface area contributed by atoms with Crippen LogP contribution in [0.5, 0.6) is 0 Å². The smallest absolute Gasteiger partial charge is 0.305 e. The summed E-state index contributed by atoms with van der Waals surface area (Å²) in [6, 6.07) is -0.551. The molecule has 0 amide bonds. The molecule has 0 aliphatic carbocycles. The number of unbranched alkanes of at least 4 members (excludes halogenated alkanes) is 11. The van der Waals surface area contributed by atoms with Crippen LogP contribution in [0.3, 0.4) is 0 Å². The molecular formula is C22H43NO3. The van der Waals surface area contributed by atoms with Gasteiger partial charge in [-0.1, -0.05) is 90.2 Å². The van der Waals surface area contributed by atoms with Crippen molar-refractivity contribution in [2.75, 3.05) is 6.61 Å². The van der Waals surface area contributed by atoms with Crippen molar-refractivity contribution in [3.63, 3.8) is 0 Å². The molecule has 0 aromatic heterocycles. The largest absolute Gasteiger partial charge is 0.464 e. The molecule has 0 heterocycles. The van der Waals surface area contributed by atoms with Crippen LogP contribution in [0.1, 0.15) is 104 Å². The molecule has 154 valence electrons. The van der Waals surface area contributed by atoms with Gasteiger partial charge in [-0.15, -0.1) is 0 Å². The zero-order chi connectivity index (χ0) is 19.5. The summed E-state index contributed by atoms with van der Waals surface area (Å²) < 4.78 is 5.03. The predicted molar refractivity (Wildman–Crippen MR) is 110 cm³/mol. The number of esters is 1. The number of aliphatic hydroxyl groups is 1. The number of ether oxygens (including phenoxy) is 1. The minimum Gasteiger partial charge on any atom is -0.464 e. The van der Waals surface area contributed by atoms with Crippen molar-refractivity contribution in [2.24, 2.45) is 5.73 Å². The molecule has 0 fully saturated rings. The topological polar surface area (TPSA) is 72.6 Å². The molecule has 0 aliphatic rings. The first kappa shape index (κ1) is 25.1. The highest BCUT2D eigenvalue weighted by molar-refractivity contribution is 5.69. The molecule has 2 atom stereocenters. The van der Waals surface area contributed by atoms with Crippen LogP contribution in [0.15, 0.2) is 12.2 Å². The maximum atomic E-state index is 11.3. The van der Waals surface area contributed by atoms with Crippen molar-refractivity contribution in [3.8, 4) is 0 Å². The van der Waals surface area contributed by atoms with Gasteiger partial charge in [0.25, 0.3) is 0 Å². The Labute approximate surface area is 161 Å². The van der Waals surface area contributed by atoms with Crippen LogP contribution in [0.25, 0.3) is 0 Å². The van der Waals surface area contributed by atoms with Gasteiger partial charge in [-0.05, 0) is 19.3 Å². The second-order valence-electron chi connectivity index (χ2n) is 7.34. The van der Waals surface area contributed by atoms with E-state index in [0.717, 1.165) is 19.3 Å². The molecule has 0 spiro atoms. The molecule has 0 bridgehead atoms. The lowest BCUT2D eigenvalue weighted by molar-refractivity contribution is -0.144. The number of carbonyl (C=O) groups is 1. The number of rotatable bonds is 18. The second kappa shape index (κ2) is 18.9. The van der Waals surface area contributed by atoms with Crippen molar-refractivity contribution < 1.29 is 14.6 Å². The Morgan fingerprint density at radius 1 is 0.923 bits per heavy atom. The summed E-state index contributed by atoms with van der Waals surface area (Å²) in [4.78, 5) is 11.3. The lowest BCUT2D eigenvalue weighted by Crippen LogP contribution is -2.38. The third-order valence-corrected chi connectivity index (χ3v) is 4.64. The van der Waals surface area contributed by atoms with Crippen molar-refractivity contribution in [2.45, 2.75) is 116 Å². The fourth-order valence-corrected chi connectivity index (χ4v) is 2.87. The van der Waals surface area contributed by atoms with Gasteiger partial charge in [0.2, 0.25) is 0 Å². The summed E-state index contributed by atoms with van der Waals surface area (Å²) in [7, 11) is 0. The van der Waals surface area contributed by atoms with Gasteiger partial charge in [0.1, 0.15) is 6.61 Å². The van der Waals surface area contributed by atoms with E-state index in [9.17, 15) is 9.90 Å². The van der Waals surface area contributed by atoms with Crippen LogP contribution >= 0.6 is 0 Å². The van der Waals surface area contributed by atoms with Gasteiger partial charge in [-0.3, -0.25) is 4.79 Å². The van der Waals surface area contributed by atoms with E-state index >= 15 is 0 Å². The third kappa shape index (κ3) is 16.6. The maximum absolute atomic E-state index is 11.3. The van der Waals surface area contributed by atoms with E-state index in [2.05, 4.69) is 6.92 Å². The second-order valence-corrected chi connectivity index (χ2v) is 7.34. The Hall–Kier alpha value is -0.870. The van der Waals surface area contributed by atoms with Crippen LogP contribution in [0.2, 0.25) is 0 Å². The predicted octanol–water partition coefficient (Wildman–Crippen LogP) is 5.28. The zero-order valence-corrected chi connectivity index (χ0v) is 17.3. The number of hydrogen-bond acceptors (Lipinski definition) is 4. The minimum atomic E-state index is -0.753. The fourth-order valence-electron chi connectivity index (χ4n) is 2.87. The van der Waals surface area contributed by atoms with Gasteiger partial charge < -0.3 is 15.6 Å². The number of aliphatic hydroxyl groups excluding tert-OH is 1. The third-order valence-electron chi connectivity index (χ3n) is 4.64. The molecule has 0 rings (SSSR count). The SMILES string of the molecule is CCCCCCCCCCCCCC=CC(O)C(N)COC(=O)CCC. The van der Waals surface area contributed by atoms with E-state index in [0.29, 0.717) is 6.42 Å². The van der Waals surface area contributed by atoms with E-state index < -0.39 is 12.1 Å². The first-order valence-electron chi connectivity index (χ1n) is 10.9. The molecular weight excluding hydrogens is 326 g/mol. The first-order valence-corrected chi connectivity index (χ1v) is 10.9. The molecule has 0 saturated heterocycles. The van der Waals surface area contributed by atoms with E-state index in [4.69, 9.17) is 10.5 Å². The Bertz CT molecular complexity index is 344. The van der Waals surface area contributed by atoms with E-state index in [1.165, 1.54) is 64.2 Å². The summed E-state index contributed by atoms with van der Waals surface area (Å²) in [6.45, 7) is 4.26. The Morgan fingerprint density at radius 2 is 1.46 bits per heavy atom. The number of carbonyl (C=O) groups excluding carboxylic acids is 1. The standard InChI is InChI=1S/C22H43NO3/c1-3-5-6-7-8-9-10-11-12-13-14-15-16-18-21(24)20(23)19-26-22(25)17-4-2/h16,18,20-21,24H,3-15,17,19,23H2,1-2H3. The van der Waals surface area contributed by atoms with Crippen LogP contribution in [-0.4, -0.2) is 29.8 Å². The average Bonchev–Trinajstić information content (AvgIpc) is 2.63. The summed E-state index contributed by atoms with van der Waals surface area (Å²) in [5.41, 5.74) is 5.83. The molecule has 0 radical (unpaired) electrons. The van der Waals surface area contributed by atoms with Gasteiger partial charge >= 0.3 is 5.97 Å². The van der Waals surface area contributed by atoms with Gasteiger partial charge in [0.05, 0.1) is 12.1 Å². The number of nitrogens with two attached hydrogens (primary N) is 1. The lowest BCUT2D eigenvalue weighted by Gasteiger charge is -2.15. The molecule has 26 heavy (non-hydrogen) atoms. The Kier molecular flexibility index (Phi) is 18.3. The fraction of sp³-hybridized carbons (Fsp3) is 0.864. The molecule has 0 aromatic rings. The number of allylic oxidation sites excluding steroid dienone is 1. The Morgan fingerprint density at radius 3 is 2.00 bits per heavy atom. The summed E-state index contributed by atoms with van der Waals surface area (Å²) >= 11 is 0. The first-order chi connectivity index (χ1) is 12.6.